The number of allylic oxidation sites excluding steroid dienone is 2. The van der Waals surface area contributed by atoms with E-state index < -0.39 is 12.0 Å². The van der Waals surface area contributed by atoms with E-state index in [1.54, 1.807) is 0 Å². The van der Waals surface area contributed by atoms with Crippen molar-refractivity contribution < 1.29 is 14.7 Å². The SMILES string of the molecule is C/C=C/CCCCCCCC(=O)NCCCC[C@H](N)C(=O)O. The highest BCUT2D eigenvalue weighted by Gasteiger charge is 2.10. The Labute approximate surface area is 134 Å². The average molecular weight is 312 g/mol. The molecule has 1 amide bonds. The van der Waals surface area contributed by atoms with Gasteiger partial charge in [0, 0.05) is 13.0 Å². The van der Waals surface area contributed by atoms with Crippen molar-refractivity contribution in [3.63, 3.8) is 0 Å². The van der Waals surface area contributed by atoms with E-state index in [0.717, 1.165) is 32.1 Å². The number of aliphatic carboxylic acids is 1. The van der Waals surface area contributed by atoms with Gasteiger partial charge in [0.1, 0.15) is 6.04 Å². The highest BCUT2D eigenvalue weighted by molar-refractivity contribution is 5.75. The summed E-state index contributed by atoms with van der Waals surface area (Å²) in [6.07, 6.45) is 13.7. The van der Waals surface area contributed by atoms with E-state index in [1.807, 2.05) is 6.92 Å². The normalized spacial score (nSPS) is 12.5. The predicted molar refractivity (Wildman–Crippen MR) is 89.6 cm³/mol. The Morgan fingerprint density at radius 1 is 1.09 bits per heavy atom. The van der Waals surface area contributed by atoms with E-state index in [9.17, 15) is 9.59 Å². The van der Waals surface area contributed by atoms with E-state index in [2.05, 4.69) is 17.5 Å². The third kappa shape index (κ3) is 13.6. The largest absolute Gasteiger partial charge is 0.480 e. The van der Waals surface area contributed by atoms with Crippen LogP contribution in [0.5, 0.6) is 0 Å². The smallest absolute Gasteiger partial charge is 0.320 e. The average Bonchev–Trinajstić information content (AvgIpc) is 2.49. The summed E-state index contributed by atoms with van der Waals surface area (Å²) in [5.74, 6) is -0.869. The van der Waals surface area contributed by atoms with Gasteiger partial charge >= 0.3 is 5.97 Å². The van der Waals surface area contributed by atoms with E-state index in [0.29, 0.717) is 19.4 Å². The lowest BCUT2D eigenvalue weighted by atomic mass is 10.1. The number of rotatable bonds is 14. The standard InChI is InChI=1S/C17H32N2O3/c1-2-3-4-5-6-7-8-9-13-16(20)19-14-11-10-12-15(18)17(21)22/h2-3,15H,4-14,18H2,1H3,(H,19,20)(H,21,22)/b3-2+/t15-/m0/s1. The van der Waals surface area contributed by atoms with Crippen LogP contribution in [0.25, 0.3) is 0 Å². The van der Waals surface area contributed by atoms with Crippen LogP contribution >= 0.6 is 0 Å². The zero-order valence-electron chi connectivity index (χ0n) is 13.9. The molecule has 0 aliphatic carbocycles. The first kappa shape index (κ1) is 20.6. The predicted octanol–water partition coefficient (Wildman–Crippen LogP) is 2.99. The minimum atomic E-state index is -0.963. The first-order chi connectivity index (χ1) is 10.6. The Balaban J connectivity index is 3.31. The van der Waals surface area contributed by atoms with Gasteiger partial charge in [-0.3, -0.25) is 9.59 Å². The second-order valence-corrected chi connectivity index (χ2v) is 5.67. The van der Waals surface area contributed by atoms with Gasteiger partial charge in [0.15, 0.2) is 0 Å². The molecule has 0 saturated heterocycles. The Morgan fingerprint density at radius 2 is 1.77 bits per heavy atom. The van der Waals surface area contributed by atoms with E-state index in [-0.39, 0.29) is 5.91 Å². The van der Waals surface area contributed by atoms with Crippen molar-refractivity contribution in [2.75, 3.05) is 6.54 Å². The lowest BCUT2D eigenvalue weighted by Crippen LogP contribution is -2.30. The molecule has 0 spiro atoms. The monoisotopic (exact) mass is 312 g/mol. The molecule has 4 N–H and O–H groups in total. The molecule has 0 radical (unpaired) electrons. The Bertz CT molecular complexity index is 330. The highest BCUT2D eigenvalue weighted by Crippen LogP contribution is 2.07. The van der Waals surface area contributed by atoms with Gasteiger partial charge in [-0.25, -0.2) is 0 Å². The van der Waals surface area contributed by atoms with Crippen LogP contribution in [0.1, 0.15) is 71.1 Å². The van der Waals surface area contributed by atoms with Crippen LogP contribution in [0.4, 0.5) is 0 Å². The second kappa shape index (κ2) is 14.6. The van der Waals surface area contributed by atoms with E-state index in [4.69, 9.17) is 10.8 Å². The van der Waals surface area contributed by atoms with Gasteiger partial charge in [0.2, 0.25) is 5.91 Å². The first-order valence-electron chi connectivity index (χ1n) is 8.44. The number of unbranched alkanes of at least 4 members (excludes halogenated alkanes) is 6. The van der Waals surface area contributed by atoms with Crippen LogP contribution in [-0.2, 0) is 9.59 Å². The minimum Gasteiger partial charge on any atom is -0.480 e. The van der Waals surface area contributed by atoms with Gasteiger partial charge < -0.3 is 16.2 Å². The number of amides is 1. The van der Waals surface area contributed by atoms with Gasteiger partial charge in [0.25, 0.3) is 0 Å². The van der Waals surface area contributed by atoms with E-state index >= 15 is 0 Å². The van der Waals surface area contributed by atoms with E-state index in [1.165, 1.54) is 19.3 Å². The maximum atomic E-state index is 11.6. The minimum absolute atomic E-state index is 0.0939. The molecule has 0 fully saturated rings. The highest BCUT2D eigenvalue weighted by atomic mass is 16.4. The molecule has 0 aromatic carbocycles. The molecule has 5 heteroatoms. The zero-order valence-corrected chi connectivity index (χ0v) is 13.9. The topological polar surface area (TPSA) is 92.4 Å². The molecular formula is C17H32N2O3. The fourth-order valence-electron chi connectivity index (χ4n) is 2.17. The molecule has 0 aromatic rings. The van der Waals surface area contributed by atoms with Crippen molar-refractivity contribution in [1.82, 2.24) is 5.32 Å². The maximum absolute atomic E-state index is 11.6. The van der Waals surface area contributed by atoms with Crippen molar-refractivity contribution >= 4 is 11.9 Å². The van der Waals surface area contributed by atoms with Crippen molar-refractivity contribution in [3.05, 3.63) is 12.2 Å². The summed E-state index contributed by atoms with van der Waals surface area (Å²) in [6, 6.07) is -0.788. The molecule has 0 aromatic heterocycles. The number of hydrogen-bond donors (Lipinski definition) is 3. The third-order valence-electron chi connectivity index (χ3n) is 3.59. The molecule has 0 saturated carbocycles. The molecule has 1 atom stereocenters. The van der Waals surface area contributed by atoms with Gasteiger partial charge in [-0.2, -0.15) is 0 Å². The van der Waals surface area contributed by atoms with Gasteiger partial charge in [-0.05, 0) is 45.4 Å². The first-order valence-corrected chi connectivity index (χ1v) is 8.44. The third-order valence-corrected chi connectivity index (χ3v) is 3.59. The van der Waals surface area contributed by atoms with Crippen LogP contribution in [0.3, 0.4) is 0 Å². The van der Waals surface area contributed by atoms with Crippen LogP contribution in [0, 0.1) is 0 Å². The Kier molecular flexibility index (Phi) is 13.7. The fraction of sp³-hybridized carbons (Fsp3) is 0.765. The van der Waals surface area contributed by atoms with Crippen molar-refractivity contribution in [2.24, 2.45) is 5.73 Å². The summed E-state index contributed by atoms with van der Waals surface area (Å²) in [6.45, 7) is 2.65. The molecule has 0 rings (SSSR count). The number of nitrogens with two attached hydrogens (primary N) is 1. The quantitative estimate of drug-likeness (QED) is 0.339. The molecule has 0 unspecified atom stereocenters. The molecule has 0 bridgehead atoms. The summed E-state index contributed by atoms with van der Waals surface area (Å²) in [5.41, 5.74) is 5.40. The van der Waals surface area contributed by atoms with Gasteiger partial charge in [0.05, 0.1) is 0 Å². The van der Waals surface area contributed by atoms with Gasteiger partial charge in [-0.15, -0.1) is 0 Å². The molecular weight excluding hydrogens is 280 g/mol. The van der Waals surface area contributed by atoms with Crippen molar-refractivity contribution in [2.45, 2.75) is 77.2 Å². The Morgan fingerprint density at radius 3 is 2.45 bits per heavy atom. The van der Waals surface area contributed by atoms with Crippen LogP contribution in [-0.4, -0.2) is 29.6 Å². The van der Waals surface area contributed by atoms with Crippen molar-refractivity contribution in [1.29, 1.82) is 0 Å². The lowest BCUT2D eigenvalue weighted by Gasteiger charge is -2.07. The number of hydrogen-bond acceptors (Lipinski definition) is 3. The molecule has 0 heterocycles. The van der Waals surface area contributed by atoms with Crippen LogP contribution in [0.2, 0.25) is 0 Å². The molecule has 128 valence electrons. The summed E-state index contributed by atoms with van der Waals surface area (Å²) in [4.78, 5) is 22.1. The molecule has 22 heavy (non-hydrogen) atoms. The van der Waals surface area contributed by atoms with Crippen molar-refractivity contribution in [3.8, 4) is 0 Å². The van der Waals surface area contributed by atoms with Crippen LogP contribution < -0.4 is 11.1 Å². The summed E-state index contributed by atoms with van der Waals surface area (Å²) in [7, 11) is 0. The second-order valence-electron chi connectivity index (χ2n) is 5.67. The fourth-order valence-corrected chi connectivity index (χ4v) is 2.17. The summed E-state index contributed by atoms with van der Waals surface area (Å²) >= 11 is 0. The number of carboxylic acid groups (broad SMARTS) is 1. The summed E-state index contributed by atoms with van der Waals surface area (Å²) in [5, 5.41) is 11.5. The zero-order chi connectivity index (χ0) is 16.6. The molecule has 0 aliphatic heterocycles. The maximum Gasteiger partial charge on any atom is 0.320 e. The number of carbonyl (C=O) groups is 2. The molecule has 0 aliphatic rings. The number of carboxylic acids is 1. The van der Waals surface area contributed by atoms with Gasteiger partial charge in [-0.1, -0.05) is 31.4 Å². The lowest BCUT2D eigenvalue weighted by molar-refractivity contribution is -0.138. The number of nitrogens with one attached hydrogen (secondary N) is 1. The molecule has 5 nitrogen and oxygen atoms in total. The van der Waals surface area contributed by atoms with Crippen LogP contribution in [0.15, 0.2) is 12.2 Å². The number of carbonyl (C=O) groups excluding carboxylic acids is 1. The Hall–Kier alpha value is -1.36. The summed E-state index contributed by atoms with van der Waals surface area (Å²) < 4.78 is 0.